The minimum atomic E-state index is 0.248. The molecule has 0 aromatic carbocycles. The van der Waals surface area contributed by atoms with E-state index in [4.69, 9.17) is 4.74 Å². The molecule has 4 rings (SSSR count). The van der Waals surface area contributed by atoms with Gasteiger partial charge in [-0.2, -0.15) is 11.8 Å². The van der Waals surface area contributed by atoms with Crippen LogP contribution < -0.4 is 5.32 Å². The number of anilines is 1. The van der Waals surface area contributed by atoms with Gasteiger partial charge in [-0.3, -0.25) is 4.90 Å². The number of morpholine rings is 1. The fourth-order valence-corrected chi connectivity index (χ4v) is 5.56. The summed E-state index contributed by atoms with van der Waals surface area (Å²) in [5.41, 5.74) is 1.26. The second-order valence-electron chi connectivity index (χ2n) is 6.00. The Kier molecular flexibility index (Phi) is 4.02. The van der Waals surface area contributed by atoms with Crippen LogP contribution in [-0.2, 0) is 4.74 Å². The average Bonchev–Trinajstić information content (AvgIpc) is 3.21. The Morgan fingerprint density at radius 3 is 3.00 bits per heavy atom. The summed E-state index contributed by atoms with van der Waals surface area (Å²) in [6, 6.07) is 0. The summed E-state index contributed by atoms with van der Waals surface area (Å²) in [6.07, 6.45) is 3.21. The highest BCUT2D eigenvalue weighted by Crippen LogP contribution is 2.34. The van der Waals surface area contributed by atoms with Gasteiger partial charge in [0.15, 0.2) is 0 Å². The maximum Gasteiger partial charge on any atom is 0.214 e. The molecule has 0 saturated carbocycles. The molecule has 2 aromatic heterocycles. The van der Waals surface area contributed by atoms with Crippen molar-refractivity contribution in [1.82, 2.24) is 19.5 Å². The SMILES string of the molecule is Cc1cn2nc(NC[C@@]3(N4CCOCC4)CCSC3)sc2n1. The molecule has 2 aromatic rings. The lowest BCUT2D eigenvalue weighted by molar-refractivity contribution is -0.00921. The summed E-state index contributed by atoms with van der Waals surface area (Å²) in [5, 5.41) is 9.12. The number of aromatic nitrogens is 3. The van der Waals surface area contributed by atoms with Crippen LogP contribution in [0.1, 0.15) is 12.1 Å². The summed E-state index contributed by atoms with van der Waals surface area (Å²) in [7, 11) is 0. The highest BCUT2D eigenvalue weighted by atomic mass is 32.2. The van der Waals surface area contributed by atoms with Crippen LogP contribution >= 0.6 is 23.1 Å². The zero-order valence-electron chi connectivity index (χ0n) is 12.7. The standard InChI is InChI=1S/C14H21N5OS2/c1-11-8-19-13(16-11)22-12(17-19)15-9-14(2-7-21-10-14)18-3-5-20-6-4-18/h8H,2-7,9-10H2,1H3,(H,15,17)/t14-/m0/s1. The third-order valence-corrected chi connectivity index (χ3v) is 6.61. The van der Waals surface area contributed by atoms with E-state index >= 15 is 0 Å². The molecule has 2 saturated heterocycles. The first-order valence-corrected chi connectivity index (χ1v) is 9.70. The van der Waals surface area contributed by atoms with E-state index in [9.17, 15) is 0 Å². The summed E-state index contributed by atoms with van der Waals surface area (Å²) in [5.74, 6) is 2.45. The lowest BCUT2D eigenvalue weighted by Gasteiger charge is -2.43. The molecule has 0 bridgehead atoms. The van der Waals surface area contributed by atoms with E-state index in [-0.39, 0.29) is 5.54 Å². The van der Waals surface area contributed by atoms with Gasteiger partial charge in [0, 0.05) is 30.9 Å². The Morgan fingerprint density at radius 1 is 1.41 bits per heavy atom. The molecule has 22 heavy (non-hydrogen) atoms. The zero-order valence-corrected chi connectivity index (χ0v) is 14.4. The monoisotopic (exact) mass is 339 g/mol. The topological polar surface area (TPSA) is 54.7 Å². The normalized spacial score (nSPS) is 26.8. The van der Waals surface area contributed by atoms with Gasteiger partial charge in [0.2, 0.25) is 10.1 Å². The lowest BCUT2D eigenvalue weighted by atomic mass is 9.95. The van der Waals surface area contributed by atoms with Crippen molar-refractivity contribution in [2.24, 2.45) is 0 Å². The number of thioether (sulfide) groups is 1. The Labute approximate surface area is 138 Å². The van der Waals surface area contributed by atoms with Crippen LogP contribution in [0.15, 0.2) is 6.20 Å². The zero-order chi connectivity index (χ0) is 15.0. The van der Waals surface area contributed by atoms with Crippen molar-refractivity contribution < 1.29 is 4.74 Å². The van der Waals surface area contributed by atoms with Crippen LogP contribution in [0.2, 0.25) is 0 Å². The second kappa shape index (κ2) is 5.99. The van der Waals surface area contributed by atoms with E-state index in [1.807, 2.05) is 17.6 Å². The number of fused-ring (bicyclic) bond motifs is 1. The van der Waals surface area contributed by atoms with Gasteiger partial charge in [-0.1, -0.05) is 11.3 Å². The fourth-order valence-electron chi connectivity index (χ4n) is 3.26. The van der Waals surface area contributed by atoms with Crippen molar-refractivity contribution in [2.75, 3.05) is 49.7 Å². The molecule has 0 spiro atoms. The molecule has 0 amide bonds. The molecule has 0 unspecified atom stereocenters. The maximum atomic E-state index is 5.52. The largest absolute Gasteiger partial charge is 0.379 e. The minimum absolute atomic E-state index is 0.248. The highest BCUT2D eigenvalue weighted by Gasteiger charge is 2.40. The molecule has 6 nitrogen and oxygen atoms in total. The summed E-state index contributed by atoms with van der Waals surface area (Å²) >= 11 is 3.69. The van der Waals surface area contributed by atoms with E-state index in [2.05, 4.69) is 32.1 Å². The van der Waals surface area contributed by atoms with Crippen LogP contribution in [0.5, 0.6) is 0 Å². The Hall–Kier alpha value is -0.830. The van der Waals surface area contributed by atoms with E-state index < -0.39 is 0 Å². The van der Waals surface area contributed by atoms with Crippen molar-refractivity contribution in [1.29, 1.82) is 0 Å². The van der Waals surface area contributed by atoms with Gasteiger partial charge in [-0.25, -0.2) is 9.50 Å². The van der Waals surface area contributed by atoms with E-state index in [0.29, 0.717) is 0 Å². The highest BCUT2D eigenvalue weighted by molar-refractivity contribution is 7.99. The Morgan fingerprint density at radius 2 is 2.27 bits per heavy atom. The molecule has 2 fully saturated rings. The van der Waals surface area contributed by atoms with Gasteiger partial charge >= 0.3 is 0 Å². The summed E-state index contributed by atoms with van der Waals surface area (Å²) in [6.45, 7) is 6.76. The van der Waals surface area contributed by atoms with Gasteiger partial charge in [0.25, 0.3) is 0 Å². The first-order valence-electron chi connectivity index (χ1n) is 7.72. The molecule has 1 atom stereocenters. The number of rotatable bonds is 4. The summed E-state index contributed by atoms with van der Waals surface area (Å²) < 4.78 is 7.39. The fraction of sp³-hybridized carbons (Fsp3) is 0.714. The van der Waals surface area contributed by atoms with Gasteiger partial charge in [-0.15, -0.1) is 5.10 Å². The molecule has 120 valence electrons. The van der Waals surface area contributed by atoms with Crippen molar-refractivity contribution >= 4 is 33.2 Å². The third-order valence-electron chi connectivity index (χ3n) is 4.50. The predicted octanol–water partition coefficient (Wildman–Crippen LogP) is 1.72. The summed E-state index contributed by atoms with van der Waals surface area (Å²) in [4.78, 5) is 8.05. The smallest absolute Gasteiger partial charge is 0.214 e. The molecule has 2 aliphatic rings. The number of nitrogens with zero attached hydrogens (tertiary/aromatic N) is 4. The van der Waals surface area contributed by atoms with Crippen molar-refractivity contribution in [3.05, 3.63) is 11.9 Å². The van der Waals surface area contributed by atoms with Crippen molar-refractivity contribution in [3.8, 4) is 0 Å². The average molecular weight is 339 g/mol. The molecular weight excluding hydrogens is 318 g/mol. The van der Waals surface area contributed by atoms with Crippen LogP contribution in [0.4, 0.5) is 5.13 Å². The quantitative estimate of drug-likeness (QED) is 0.915. The van der Waals surface area contributed by atoms with Crippen molar-refractivity contribution in [2.45, 2.75) is 18.9 Å². The number of hydrogen-bond donors (Lipinski definition) is 1. The molecule has 4 heterocycles. The lowest BCUT2D eigenvalue weighted by Crippen LogP contribution is -2.57. The van der Waals surface area contributed by atoms with Gasteiger partial charge in [-0.05, 0) is 19.1 Å². The molecule has 1 N–H and O–H groups in total. The Bertz CT molecular complexity index is 611. The molecule has 0 radical (unpaired) electrons. The minimum Gasteiger partial charge on any atom is -0.379 e. The van der Waals surface area contributed by atoms with E-state index in [1.54, 1.807) is 11.3 Å². The number of nitrogens with one attached hydrogen (secondary N) is 1. The van der Waals surface area contributed by atoms with Crippen molar-refractivity contribution in [3.63, 3.8) is 0 Å². The third kappa shape index (κ3) is 2.73. The van der Waals surface area contributed by atoms with Crippen LogP contribution in [0.3, 0.4) is 0 Å². The first kappa shape index (κ1) is 14.7. The number of imidazole rings is 1. The molecule has 8 heteroatoms. The van der Waals surface area contributed by atoms with Gasteiger partial charge in [0.05, 0.1) is 25.1 Å². The number of hydrogen-bond acceptors (Lipinski definition) is 7. The van der Waals surface area contributed by atoms with Crippen LogP contribution in [-0.4, -0.2) is 69.4 Å². The van der Waals surface area contributed by atoms with Crippen LogP contribution in [0.25, 0.3) is 4.96 Å². The van der Waals surface area contributed by atoms with E-state index in [0.717, 1.165) is 48.6 Å². The number of aryl methyl sites for hydroxylation is 1. The molecule has 0 aliphatic carbocycles. The van der Waals surface area contributed by atoms with Gasteiger partial charge < -0.3 is 10.1 Å². The van der Waals surface area contributed by atoms with Crippen LogP contribution in [0, 0.1) is 6.92 Å². The maximum absolute atomic E-state index is 5.52. The van der Waals surface area contributed by atoms with Gasteiger partial charge in [0.1, 0.15) is 0 Å². The molecular formula is C14H21N5OS2. The second-order valence-corrected chi connectivity index (χ2v) is 8.06. The predicted molar refractivity (Wildman–Crippen MR) is 91.2 cm³/mol. The first-order chi connectivity index (χ1) is 10.8. The Balaban J connectivity index is 1.48. The van der Waals surface area contributed by atoms with E-state index in [1.165, 1.54) is 17.9 Å². The number of ether oxygens (including phenoxy) is 1. The molecule has 2 aliphatic heterocycles.